The smallest absolute Gasteiger partial charge is 0.241 e. The molecule has 1 heterocycles. The molecular weight excluding hydrogens is 324 g/mol. The number of hydrogen-bond acceptors (Lipinski definition) is 3. The van der Waals surface area contributed by atoms with E-state index < -0.39 is 10.2 Å². The van der Waals surface area contributed by atoms with Crippen molar-refractivity contribution in [3.05, 3.63) is 48.3 Å². The average Bonchev–Trinajstić information content (AvgIpc) is 3.26. The van der Waals surface area contributed by atoms with Crippen molar-refractivity contribution in [1.29, 1.82) is 0 Å². The molecule has 1 aliphatic carbocycles. The second-order valence-corrected chi connectivity index (χ2v) is 8.44. The SMILES string of the molecule is CN(Cc1cnn(-c2ccccc2)c1)S(=O)(=O)N(C)C1CCCC1. The van der Waals surface area contributed by atoms with Gasteiger partial charge >= 0.3 is 0 Å². The lowest BCUT2D eigenvalue weighted by Gasteiger charge is -2.28. The maximum Gasteiger partial charge on any atom is 0.282 e. The fraction of sp³-hybridized carbons (Fsp3) is 0.471. The first-order valence-corrected chi connectivity index (χ1v) is 9.66. The first kappa shape index (κ1) is 17.1. The molecule has 0 radical (unpaired) electrons. The van der Waals surface area contributed by atoms with E-state index in [9.17, 15) is 8.42 Å². The average molecular weight is 348 g/mol. The standard InChI is InChI=1S/C17H24N4O2S/c1-19(24(22,23)20(2)16-8-6-7-9-16)13-15-12-18-21(14-15)17-10-4-3-5-11-17/h3-5,10-12,14,16H,6-9,13H2,1-2H3. The lowest BCUT2D eigenvalue weighted by molar-refractivity contribution is 0.332. The van der Waals surface area contributed by atoms with Gasteiger partial charge in [0.2, 0.25) is 0 Å². The number of para-hydroxylation sites is 1. The zero-order valence-electron chi connectivity index (χ0n) is 14.2. The predicted molar refractivity (Wildman–Crippen MR) is 94.0 cm³/mol. The molecule has 0 unspecified atom stereocenters. The van der Waals surface area contributed by atoms with E-state index >= 15 is 0 Å². The third-order valence-corrected chi connectivity index (χ3v) is 6.60. The minimum Gasteiger partial charge on any atom is -0.241 e. The minimum atomic E-state index is -3.45. The summed E-state index contributed by atoms with van der Waals surface area (Å²) in [4.78, 5) is 0. The molecule has 0 saturated heterocycles. The van der Waals surface area contributed by atoms with Gasteiger partial charge in [-0.3, -0.25) is 0 Å². The summed E-state index contributed by atoms with van der Waals surface area (Å²) in [6.45, 7) is 0.312. The van der Waals surface area contributed by atoms with E-state index in [2.05, 4.69) is 5.10 Å². The highest BCUT2D eigenvalue weighted by Gasteiger charge is 2.31. The van der Waals surface area contributed by atoms with Crippen LogP contribution in [0, 0.1) is 0 Å². The largest absolute Gasteiger partial charge is 0.282 e. The van der Waals surface area contributed by atoms with Gasteiger partial charge in [0.15, 0.2) is 0 Å². The molecule has 1 saturated carbocycles. The zero-order chi connectivity index (χ0) is 17.2. The first-order chi connectivity index (χ1) is 11.5. The minimum absolute atomic E-state index is 0.129. The van der Waals surface area contributed by atoms with Crippen molar-refractivity contribution in [2.75, 3.05) is 14.1 Å². The highest BCUT2D eigenvalue weighted by molar-refractivity contribution is 7.86. The zero-order valence-corrected chi connectivity index (χ0v) is 15.0. The molecule has 1 fully saturated rings. The van der Waals surface area contributed by atoms with Crippen LogP contribution in [0.5, 0.6) is 0 Å². The Morgan fingerprint density at radius 2 is 1.83 bits per heavy atom. The van der Waals surface area contributed by atoms with Crippen molar-refractivity contribution in [1.82, 2.24) is 18.4 Å². The van der Waals surface area contributed by atoms with Crippen LogP contribution in [0.2, 0.25) is 0 Å². The molecule has 3 rings (SSSR count). The van der Waals surface area contributed by atoms with Gasteiger partial charge in [0.1, 0.15) is 0 Å². The van der Waals surface area contributed by atoms with E-state index in [1.54, 1.807) is 25.0 Å². The number of aromatic nitrogens is 2. The lowest BCUT2D eigenvalue weighted by atomic mass is 10.3. The Labute approximate surface area is 143 Å². The van der Waals surface area contributed by atoms with E-state index in [0.717, 1.165) is 36.9 Å². The van der Waals surface area contributed by atoms with Crippen LogP contribution in [0.25, 0.3) is 5.69 Å². The van der Waals surface area contributed by atoms with E-state index in [0.29, 0.717) is 6.54 Å². The van der Waals surface area contributed by atoms with Crippen LogP contribution in [0.3, 0.4) is 0 Å². The van der Waals surface area contributed by atoms with Gasteiger partial charge in [-0.2, -0.15) is 22.1 Å². The Morgan fingerprint density at radius 3 is 2.50 bits per heavy atom. The summed E-state index contributed by atoms with van der Waals surface area (Å²) in [7, 11) is -0.131. The van der Waals surface area contributed by atoms with Crippen molar-refractivity contribution in [2.45, 2.75) is 38.3 Å². The van der Waals surface area contributed by atoms with Gasteiger partial charge in [-0.1, -0.05) is 31.0 Å². The number of nitrogens with zero attached hydrogens (tertiary/aromatic N) is 4. The first-order valence-electron chi connectivity index (χ1n) is 8.27. The maximum atomic E-state index is 12.7. The lowest BCUT2D eigenvalue weighted by Crippen LogP contribution is -2.43. The summed E-state index contributed by atoms with van der Waals surface area (Å²) in [6, 6.07) is 9.90. The molecule has 1 aromatic carbocycles. The van der Waals surface area contributed by atoms with Gasteiger partial charge in [0.05, 0.1) is 11.9 Å². The molecule has 0 atom stereocenters. The highest BCUT2D eigenvalue weighted by Crippen LogP contribution is 2.25. The molecule has 0 spiro atoms. The van der Waals surface area contributed by atoms with Gasteiger partial charge in [-0.25, -0.2) is 4.68 Å². The number of benzene rings is 1. The second kappa shape index (κ2) is 7.04. The predicted octanol–water partition coefficient (Wildman–Crippen LogP) is 2.42. The molecule has 6 nitrogen and oxygen atoms in total. The van der Waals surface area contributed by atoms with Gasteiger partial charge in [-0.15, -0.1) is 0 Å². The number of hydrogen-bond donors (Lipinski definition) is 0. The molecule has 0 bridgehead atoms. The highest BCUT2D eigenvalue weighted by atomic mass is 32.2. The molecule has 130 valence electrons. The summed E-state index contributed by atoms with van der Waals surface area (Å²) in [5, 5.41) is 4.33. The van der Waals surface area contributed by atoms with Crippen molar-refractivity contribution in [2.24, 2.45) is 0 Å². The van der Waals surface area contributed by atoms with E-state index in [4.69, 9.17) is 0 Å². The molecule has 1 aliphatic rings. The van der Waals surface area contributed by atoms with Crippen molar-refractivity contribution < 1.29 is 8.42 Å². The monoisotopic (exact) mass is 348 g/mol. The van der Waals surface area contributed by atoms with Crippen molar-refractivity contribution >= 4 is 10.2 Å². The Balaban J connectivity index is 1.70. The van der Waals surface area contributed by atoms with Crippen LogP contribution >= 0.6 is 0 Å². The maximum absolute atomic E-state index is 12.7. The quantitative estimate of drug-likeness (QED) is 0.805. The number of rotatable bonds is 6. The Kier molecular flexibility index (Phi) is 5.03. The van der Waals surface area contributed by atoms with Crippen molar-refractivity contribution in [3.8, 4) is 5.69 Å². The van der Waals surface area contributed by atoms with Crippen molar-refractivity contribution in [3.63, 3.8) is 0 Å². The van der Waals surface area contributed by atoms with Crippen LogP contribution in [-0.4, -0.2) is 46.9 Å². The topological polar surface area (TPSA) is 58.4 Å². The van der Waals surface area contributed by atoms with E-state index in [-0.39, 0.29) is 6.04 Å². The Hall–Kier alpha value is -1.70. The van der Waals surface area contributed by atoms with Gasteiger partial charge in [-0.05, 0) is 25.0 Å². The molecule has 0 amide bonds. The van der Waals surface area contributed by atoms with Crippen LogP contribution in [0.1, 0.15) is 31.2 Å². The summed E-state index contributed by atoms with van der Waals surface area (Å²) < 4.78 is 30.1. The molecule has 0 aliphatic heterocycles. The van der Waals surface area contributed by atoms with Crippen LogP contribution in [-0.2, 0) is 16.8 Å². The van der Waals surface area contributed by atoms with E-state index in [1.165, 1.54) is 8.61 Å². The normalized spacial score (nSPS) is 16.3. The molecule has 0 N–H and O–H groups in total. The molecule has 7 heteroatoms. The van der Waals surface area contributed by atoms with E-state index in [1.807, 2.05) is 36.5 Å². The molecule has 24 heavy (non-hydrogen) atoms. The molecule has 2 aromatic rings. The molecule has 1 aromatic heterocycles. The van der Waals surface area contributed by atoms with Gasteiger partial charge in [0.25, 0.3) is 10.2 Å². The second-order valence-electron chi connectivity index (χ2n) is 6.35. The summed E-state index contributed by atoms with van der Waals surface area (Å²) >= 11 is 0. The Bertz CT molecular complexity index is 767. The summed E-state index contributed by atoms with van der Waals surface area (Å²) in [5.41, 5.74) is 1.82. The fourth-order valence-corrected chi connectivity index (χ4v) is 4.52. The Morgan fingerprint density at radius 1 is 1.17 bits per heavy atom. The van der Waals surface area contributed by atoms with Crippen LogP contribution < -0.4 is 0 Å². The third-order valence-electron chi connectivity index (χ3n) is 4.66. The summed E-state index contributed by atoms with van der Waals surface area (Å²) in [5.74, 6) is 0. The molecular formula is C17H24N4O2S. The fourth-order valence-electron chi connectivity index (χ4n) is 3.18. The van der Waals surface area contributed by atoms with Gasteiger partial charge in [0, 0.05) is 38.4 Å². The van der Waals surface area contributed by atoms with Crippen LogP contribution in [0.15, 0.2) is 42.7 Å². The van der Waals surface area contributed by atoms with Crippen LogP contribution in [0.4, 0.5) is 0 Å². The third kappa shape index (κ3) is 3.53. The summed E-state index contributed by atoms with van der Waals surface area (Å²) in [6.07, 6.45) is 7.71. The van der Waals surface area contributed by atoms with Gasteiger partial charge < -0.3 is 0 Å².